The first-order valence-electron chi connectivity index (χ1n) is 9.29. The fourth-order valence-corrected chi connectivity index (χ4v) is 3.03. The van der Waals surface area contributed by atoms with E-state index in [9.17, 15) is 4.39 Å². The molecule has 0 heterocycles. The lowest BCUT2D eigenvalue weighted by atomic mass is 10.0. The molecule has 0 aromatic heterocycles. The van der Waals surface area contributed by atoms with Crippen LogP contribution in [-0.4, -0.2) is 0 Å². The molecule has 0 radical (unpaired) electrons. The second-order valence-corrected chi connectivity index (χ2v) is 6.65. The molecule has 0 saturated heterocycles. The topological polar surface area (TPSA) is 0 Å². The van der Waals surface area contributed by atoms with Crippen molar-refractivity contribution in [2.24, 2.45) is 0 Å². The second kappa shape index (κ2) is 9.15. The van der Waals surface area contributed by atoms with Crippen molar-refractivity contribution in [1.82, 2.24) is 0 Å². The van der Waals surface area contributed by atoms with E-state index in [0.29, 0.717) is 6.42 Å². The summed E-state index contributed by atoms with van der Waals surface area (Å²) in [6, 6.07) is 26.2. The highest BCUT2D eigenvalue weighted by Gasteiger charge is 2.09. The standard InChI is InChI=1S/C25H25F/c1-2-6-20-9-11-21(12-10-20)13-14-22-15-17-23(18-16-22)19-25(26)24-7-4-3-5-8-24/h3-5,7-18,25H,2,6,19H2,1H3/t25-/m1/s1. The Balaban J connectivity index is 1.60. The minimum Gasteiger partial charge on any atom is -0.242 e. The molecule has 0 fully saturated rings. The number of halogens is 1. The summed E-state index contributed by atoms with van der Waals surface area (Å²) in [5.41, 5.74) is 5.46. The van der Waals surface area contributed by atoms with Gasteiger partial charge in [0.05, 0.1) is 0 Å². The third-order valence-corrected chi connectivity index (χ3v) is 4.54. The van der Waals surface area contributed by atoms with Crippen LogP contribution in [0.5, 0.6) is 0 Å². The molecular formula is C25H25F. The number of aryl methyl sites for hydroxylation is 1. The molecule has 0 aliphatic heterocycles. The molecule has 0 unspecified atom stereocenters. The largest absolute Gasteiger partial charge is 0.242 e. The van der Waals surface area contributed by atoms with Gasteiger partial charge in [-0.15, -0.1) is 0 Å². The summed E-state index contributed by atoms with van der Waals surface area (Å²) in [5.74, 6) is 0. The van der Waals surface area contributed by atoms with Crippen LogP contribution in [0.15, 0.2) is 78.9 Å². The van der Waals surface area contributed by atoms with E-state index in [2.05, 4.69) is 55.5 Å². The second-order valence-electron chi connectivity index (χ2n) is 6.65. The summed E-state index contributed by atoms with van der Waals surface area (Å²) < 4.78 is 14.4. The van der Waals surface area contributed by atoms with Crippen molar-refractivity contribution in [1.29, 1.82) is 0 Å². The molecule has 3 aromatic rings. The van der Waals surface area contributed by atoms with Gasteiger partial charge in [0.25, 0.3) is 0 Å². The Morgan fingerprint density at radius 3 is 1.81 bits per heavy atom. The Kier molecular flexibility index (Phi) is 6.38. The third kappa shape index (κ3) is 5.16. The first kappa shape index (κ1) is 18.1. The molecule has 1 atom stereocenters. The maximum atomic E-state index is 14.4. The zero-order chi connectivity index (χ0) is 18.2. The van der Waals surface area contributed by atoms with Crippen molar-refractivity contribution in [2.45, 2.75) is 32.4 Å². The van der Waals surface area contributed by atoms with E-state index in [1.165, 1.54) is 17.5 Å². The van der Waals surface area contributed by atoms with Crippen molar-refractivity contribution >= 4 is 12.2 Å². The van der Waals surface area contributed by atoms with Crippen molar-refractivity contribution in [3.05, 3.63) is 107 Å². The van der Waals surface area contributed by atoms with Gasteiger partial charge in [0.1, 0.15) is 6.17 Å². The molecule has 1 heteroatoms. The van der Waals surface area contributed by atoms with Crippen LogP contribution in [0.2, 0.25) is 0 Å². The lowest BCUT2D eigenvalue weighted by Crippen LogP contribution is -1.96. The number of alkyl halides is 1. The first-order chi connectivity index (χ1) is 12.7. The predicted octanol–water partition coefficient (Wildman–Crippen LogP) is 7.06. The minimum atomic E-state index is -0.959. The van der Waals surface area contributed by atoms with Crippen LogP contribution < -0.4 is 0 Å². The lowest BCUT2D eigenvalue weighted by molar-refractivity contribution is 0.342. The molecule has 26 heavy (non-hydrogen) atoms. The summed E-state index contributed by atoms with van der Waals surface area (Å²) >= 11 is 0. The maximum absolute atomic E-state index is 14.4. The molecule has 0 bridgehead atoms. The van der Waals surface area contributed by atoms with Gasteiger partial charge < -0.3 is 0 Å². The fraction of sp³-hybridized carbons (Fsp3) is 0.200. The molecule has 0 spiro atoms. The van der Waals surface area contributed by atoms with E-state index in [1.807, 2.05) is 42.5 Å². The van der Waals surface area contributed by atoms with E-state index in [1.54, 1.807) is 0 Å². The van der Waals surface area contributed by atoms with E-state index < -0.39 is 6.17 Å². The Hall–Kier alpha value is -2.67. The molecule has 0 aliphatic rings. The highest BCUT2D eigenvalue weighted by atomic mass is 19.1. The van der Waals surface area contributed by atoms with Crippen LogP contribution in [0.25, 0.3) is 12.2 Å². The zero-order valence-electron chi connectivity index (χ0n) is 15.2. The van der Waals surface area contributed by atoms with E-state index in [0.717, 1.165) is 23.1 Å². The van der Waals surface area contributed by atoms with Crippen LogP contribution in [0, 0.1) is 0 Å². The smallest absolute Gasteiger partial charge is 0.129 e. The third-order valence-electron chi connectivity index (χ3n) is 4.54. The van der Waals surface area contributed by atoms with Crippen LogP contribution in [0.3, 0.4) is 0 Å². The van der Waals surface area contributed by atoms with Crippen molar-refractivity contribution in [3.63, 3.8) is 0 Å². The van der Waals surface area contributed by atoms with Gasteiger partial charge in [-0.1, -0.05) is 104 Å². The van der Waals surface area contributed by atoms with Gasteiger partial charge >= 0.3 is 0 Å². The first-order valence-corrected chi connectivity index (χ1v) is 9.29. The Labute approximate surface area is 156 Å². The molecule has 3 rings (SSSR count). The van der Waals surface area contributed by atoms with Crippen LogP contribution in [0.1, 0.15) is 47.3 Å². The Morgan fingerprint density at radius 2 is 1.27 bits per heavy atom. The van der Waals surface area contributed by atoms with Gasteiger partial charge in [-0.05, 0) is 34.2 Å². The number of hydrogen-bond donors (Lipinski definition) is 0. The highest BCUT2D eigenvalue weighted by molar-refractivity contribution is 5.69. The van der Waals surface area contributed by atoms with Gasteiger partial charge in [-0.25, -0.2) is 4.39 Å². The molecule has 0 aliphatic carbocycles. The van der Waals surface area contributed by atoms with Crippen LogP contribution in [0.4, 0.5) is 4.39 Å². The molecule has 0 saturated carbocycles. The Bertz CT molecular complexity index is 814. The van der Waals surface area contributed by atoms with Gasteiger partial charge in [0.15, 0.2) is 0 Å². The van der Waals surface area contributed by atoms with E-state index in [4.69, 9.17) is 0 Å². The normalized spacial score (nSPS) is 12.4. The SMILES string of the molecule is CCCc1ccc(C=Cc2ccc(C[C@@H](F)c3ccccc3)cc2)cc1. The molecule has 0 N–H and O–H groups in total. The van der Waals surface area contributed by atoms with Crippen molar-refractivity contribution in [3.8, 4) is 0 Å². The van der Waals surface area contributed by atoms with Crippen molar-refractivity contribution < 1.29 is 4.39 Å². The Morgan fingerprint density at radius 1 is 0.731 bits per heavy atom. The van der Waals surface area contributed by atoms with Gasteiger partial charge in [-0.2, -0.15) is 0 Å². The number of benzene rings is 3. The van der Waals surface area contributed by atoms with Gasteiger partial charge in [0, 0.05) is 6.42 Å². The molecule has 0 amide bonds. The average Bonchev–Trinajstić information content (AvgIpc) is 2.69. The summed E-state index contributed by atoms with van der Waals surface area (Å²) in [6.45, 7) is 2.20. The predicted molar refractivity (Wildman–Crippen MR) is 110 cm³/mol. The number of hydrogen-bond acceptors (Lipinski definition) is 0. The summed E-state index contributed by atoms with van der Waals surface area (Å²) in [6.07, 6.45) is 5.97. The van der Waals surface area contributed by atoms with Crippen LogP contribution in [-0.2, 0) is 12.8 Å². The van der Waals surface area contributed by atoms with Crippen LogP contribution >= 0.6 is 0 Å². The lowest BCUT2D eigenvalue weighted by Gasteiger charge is -2.08. The highest BCUT2D eigenvalue weighted by Crippen LogP contribution is 2.22. The molecule has 3 aromatic carbocycles. The van der Waals surface area contributed by atoms with E-state index >= 15 is 0 Å². The van der Waals surface area contributed by atoms with E-state index in [-0.39, 0.29) is 0 Å². The zero-order valence-corrected chi connectivity index (χ0v) is 15.2. The molecular weight excluding hydrogens is 319 g/mol. The van der Waals surface area contributed by atoms with Crippen molar-refractivity contribution in [2.75, 3.05) is 0 Å². The minimum absolute atomic E-state index is 0.410. The monoisotopic (exact) mass is 344 g/mol. The van der Waals surface area contributed by atoms with Gasteiger partial charge in [0.2, 0.25) is 0 Å². The summed E-state index contributed by atoms with van der Waals surface area (Å²) in [4.78, 5) is 0. The summed E-state index contributed by atoms with van der Waals surface area (Å²) in [7, 11) is 0. The molecule has 0 nitrogen and oxygen atoms in total. The molecule has 132 valence electrons. The fourth-order valence-electron chi connectivity index (χ4n) is 3.03. The average molecular weight is 344 g/mol. The van der Waals surface area contributed by atoms with Gasteiger partial charge in [-0.3, -0.25) is 0 Å². The number of rotatable bonds is 7. The maximum Gasteiger partial charge on any atom is 0.129 e. The quantitative estimate of drug-likeness (QED) is 0.402. The summed E-state index contributed by atoms with van der Waals surface area (Å²) in [5, 5.41) is 0.